The number of benzene rings is 1. The van der Waals surface area contributed by atoms with Crippen LogP contribution in [0.25, 0.3) is 11.3 Å². The van der Waals surface area contributed by atoms with E-state index in [1.54, 1.807) is 12.3 Å². The normalized spacial score (nSPS) is 16.0. The van der Waals surface area contributed by atoms with Gasteiger partial charge in [0.15, 0.2) is 11.5 Å². The van der Waals surface area contributed by atoms with Gasteiger partial charge in [-0.3, -0.25) is 9.69 Å². The van der Waals surface area contributed by atoms with Crippen LogP contribution >= 0.6 is 0 Å². The van der Waals surface area contributed by atoms with Crippen LogP contribution in [0.2, 0.25) is 0 Å². The van der Waals surface area contributed by atoms with Crippen LogP contribution in [0.15, 0.2) is 57.7 Å². The second kappa shape index (κ2) is 8.41. The number of furan rings is 1. The number of aromatic nitrogens is 1. The Kier molecular flexibility index (Phi) is 5.55. The zero-order valence-electron chi connectivity index (χ0n) is 15.8. The predicted molar refractivity (Wildman–Crippen MR) is 103 cm³/mol. The summed E-state index contributed by atoms with van der Waals surface area (Å²) in [6.07, 6.45) is 1.65. The van der Waals surface area contributed by atoms with Crippen molar-refractivity contribution in [1.29, 1.82) is 0 Å². The highest BCUT2D eigenvalue weighted by Crippen LogP contribution is 2.23. The van der Waals surface area contributed by atoms with Crippen molar-refractivity contribution in [3.63, 3.8) is 0 Å². The van der Waals surface area contributed by atoms with Gasteiger partial charge in [0, 0.05) is 31.3 Å². The zero-order chi connectivity index (χ0) is 19.3. The average molecular weight is 381 g/mol. The van der Waals surface area contributed by atoms with Crippen molar-refractivity contribution < 1.29 is 18.5 Å². The topological polar surface area (TPSA) is 80.7 Å². The standard InChI is InChI=1S/C21H23N3O4/c1-15-4-6-16(7-5-15)20-13-17(23-28-20)21(25)22-14-18(19-3-2-10-27-19)24-8-11-26-12-9-24/h2-7,10,13,18H,8-9,11-12,14H2,1H3,(H,22,25). The fraction of sp³-hybridized carbons (Fsp3) is 0.333. The highest BCUT2D eigenvalue weighted by molar-refractivity contribution is 5.93. The quantitative estimate of drug-likeness (QED) is 0.707. The largest absolute Gasteiger partial charge is 0.468 e. The number of rotatable bonds is 6. The Labute approximate surface area is 163 Å². The highest BCUT2D eigenvalue weighted by atomic mass is 16.5. The molecule has 1 unspecified atom stereocenters. The summed E-state index contributed by atoms with van der Waals surface area (Å²) in [5.41, 5.74) is 2.31. The number of morpholine rings is 1. The van der Waals surface area contributed by atoms with E-state index in [2.05, 4.69) is 15.4 Å². The lowest BCUT2D eigenvalue weighted by Gasteiger charge is -2.33. The van der Waals surface area contributed by atoms with Gasteiger partial charge < -0.3 is 19.0 Å². The van der Waals surface area contributed by atoms with E-state index in [4.69, 9.17) is 13.7 Å². The monoisotopic (exact) mass is 381 g/mol. The fourth-order valence-corrected chi connectivity index (χ4v) is 3.30. The Morgan fingerprint density at radius 2 is 2.00 bits per heavy atom. The SMILES string of the molecule is Cc1ccc(-c2cc(C(=O)NCC(c3ccco3)N3CCOCC3)no2)cc1. The maximum absolute atomic E-state index is 12.6. The van der Waals surface area contributed by atoms with Gasteiger partial charge in [0.25, 0.3) is 5.91 Å². The Morgan fingerprint density at radius 3 is 2.71 bits per heavy atom. The molecule has 1 amide bonds. The van der Waals surface area contributed by atoms with E-state index >= 15 is 0 Å². The molecular formula is C21H23N3O4. The summed E-state index contributed by atoms with van der Waals surface area (Å²) in [7, 11) is 0. The van der Waals surface area contributed by atoms with Gasteiger partial charge in [0.2, 0.25) is 0 Å². The highest BCUT2D eigenvalue weighted by Gasteiger charge is 2.26. The number of hydrogen-bond acceptors (Lipinski definition) is 6. The summed E-state index contributed by atoms with van der Waals surface area (Å²) in [6.45, 7) is 5.38. The summed E-state index contributed by atoms with van der Waals surface area (Å²) in [4.78, 5) is 14.8. The van der Waals surface area contributed by atoms with Gasteiger partial charge in [0.05, 0.1) is 25.5 Å². The van der Waals surface area contributed by atoms with Crippen molar-refractivity contribution in [3.8, 4) is 11.3 Å². The third-order valence-electron chi connectivity index (χ3n) is 4.89. The summed E-state index contributed by atoms with van der Waals surface area (Å²) in [6, 6.07) is 13.3. The Morgan fingerprint density at radius 1 is 1.21 bits per heavy atom. The zero-order valence-corrected chi connectivity index (χ0v) is 15.8. The fourth-order valence-electron chi connectivity index (χ4n) is 3.30. The van der Waals surface area contributed by atoms with Crippen molar-refractivity contribution in [2.75, 3.05) is 32.8 Å². The van der Waals surface area contributed by atoms with Gasteiger partial charge in [-0.25, -0.2) is 0 Å². The van der Waals surface area contributed by atoms with Crippen molar-refractivity contribution in [2.45, 2.75) is 13.0 Å². The smallest absolute Gasteiger partial charge is 0.273 e. The van der Waals surface area contributed by atoms with Crippen molar-refractivity contribution in [1.82, 2.24) is 15.4 Å². The summed E-state index contributed by atoms with van der Waals surface area (Å²) in [5.74, 6) is 1.12. The third kappa shape index (κ3) is 4.16. The molecule has 0 bridgehead atoms. The lowest BCUT2D eigenvalue weighted by molar-refractivity contribution is 0.0118. The second-order valence-electron chi connectivity index (χ2n) is 6.83. The molecule has 0 saturated carbocycles. The first kappa shape index (κ1) is 18.5. The Hall–Kier alpha value is -2.90. The van der Waals surface area contributed by atoms with Crippen LogP contribution in [0.3, 0.4) is 0 Å². The number of nitrogens with zero attached hydrogens (tertiary/aromatic N) is 2. The molecule has 1 aliphatic rings. The van der Waals surface area contributed by atoms with Gasteiger partial charge in [-0.15, -0.1) is 0 Å². The van der Waals surface area contributed by atoms with E-state index in [0.29, 0.717) is 25.5 Å². The van der Waals surface area contributed by atoms with E-state index in [1.165, 1.54) is 0 Å². The minimum absolute atomic E-state index is 0.0497. The minimum Gasteiger partial charge on any atom is -0.468 e. The molecule has 0 spiro atoms. The molecule has 7 nitrogen and oxygen atoms in total. The number of nitrogens with one attached hydrogen (secondary N) is 1. The molecule has 1 aromatic carbocycles. The number of carbonyl (C=O) groups excluding carboxylic acids is 1. The van der Waals surface area contributed by atoms with Crippen LogP contribution in [-0.4, -0.2) is 48.8 Å². The van der Waals surface area contributed by atoms with Crippen LogP contribution in [-0.2, 0) is 4.74 Å². The Bertz CT molecular complexity index is 896. The molecule has 146 valence electrons. The van der Waals surface area contributed by atoms with Crippen LogP contribution in [0.4, 0.5) is 0 Å². The lowest BCUT2D eigenvalue weighted by atomic mass is 10.1. The maximum atomic E-state index is 12.6. The van der Waals surface area contributed by atoms with Crippen LogP contribution in [0.1, 0.15) is 27.9 Å². The molecule has 3 heterocycles. The summed E-state index contributed by atoms with van der Waals surface area (Å²) < 4.78 is 16.4. The van der Waals surface area contributed by atoms with Crippen LogP contribution in [0, 0.1) is 6.92 Å². The van der Waals surface area contributed by atoms with Crippen molar-refractivity contribution in [2.24, 2.45) is 0 Å². The predicted octanol–water partition coefficient (Wildman–Crippen LogP) is 3.05. The van der Waals surface area contributed by atoms with E-state index in [1.807, 2.05) is 43.3 Å². The summed E-state index contributed by atoms with van der Waals surface area (Å²) >= 11 is 0. The molecule has 4 rings (SSSR count). The number of hydrogen-bond donors (Lipinski definition) is 1. The summed E-state index contributed by atoms with van der Waals surface area (Å²) in [5, 5.41) is 6.88. The Balaban J connectivity index is 1.43. The molecule has 1 saturated heterocycles. The molecule has 1 atom stereocenters. The molecule has 0 radical (unpaired) electrons. The first-order valence-corrected chi connectivity index (χ1v) is 9.38. The third-order valence-corrected chi connectivity index (χ3v) is 4.89. The number of aryl methyl sites for hydroxylation is 1. The second-order valence-corrected chi connectivity index (χ2v) is 6.83. The molecule has 1 fully saturated rings. The minimum atomic E-state index is -0.271. The van der Waals surface area contributed by atoms with Gasteiger partial charge >= 0.3 is 0 Å². The molecule has 1 N–H and O–H groups in total. The van der Waals surface area contributed by atoms with Gasteiger partial charge in [-0.05, 0) is 19.1 Å². The van der Waals surface area contributed by atoms with Crippen molar-refractivity contribution >= 4 is 5.91 Å². The first-order chi connectivity index (χ1) is 13.7. The maximum Gasteiger partial charge on any atom is 0.273 e. The molecule has 1 aliphatic heterocycles. The van der Waals surface area contributed by atoms with Gasteiger partial charge in [-0.1, -0.05) is 35.0 Å². The first-order valence-electron chi connectivity index (χ1n) is 9.38. The average Bonchev–Trinajstić information content (AvgIpc) is 3.42. The molecule has 7 heteroatoms. The molecule has 3 aromatic rings. The molecule has 28 heavy (non-hydrogen) atoms. The lowest BCUT2D eigenvalue weighted by Crippen LogP contribution is -2.43. The number of carbonyl (C=O) groups is 1. The number of amides is 1. The van der Waals surface area contributed by atoms with Gasteiger partial charge in [-0.2, -0.15) is 0 Å². The molecule has 2 aromatic heterocycles. The van der Waals surface area contributed by atoms with Crippen LogP contribution in [0.5, 0.6) is 0 Å². The molecular weight excluding hydrogens is 358 g/mol. The van der Waals surface area contributed by atoms with Gasteiger partial charge in [0.1, 0.15) is 5.76 Å². The van der Waals surface area contributed by atoms with E-state index in [9.17, 15) is 4.79 Å². The van der Waals surface area contributed by atoms with E-state index in [0.717, 1.165) is 30.0 Å². The van der Waals surface area contributed by atoms with Crippen LogP contribution < -0.4 is 5.32 Å². The molecule has 0 aliphatic carbocycles. The number of ether oxygens (including phenoxy) is 1. The van der Waals surface area contributed by atoms with E-state index in [-0.39, 0.29) is 17.6 Å². The van der Waals surface area contributed by atoms with E-state index < -0.39 is 0 Å². The van der Waals surface area contributed by atoms with Crippen molar-refractivity contribution in [3.05, 3.63) is 65.7 Å².